The number of rotatable bonds is 9. The summed E-state index contributed by atoms with van der Waals surface area (Å²) in [4.78, 5) is 14.2. The summed E-state index contributed by atoms with van der Waals surface area (Å²) in [6.07, 6.45) is 2.06. The number of nitrogens with zero attached hydrogens (tertiary/aromatic N) is 5. The molecule has 0 unspecified atom stereocenters. The summed E-state index contributed by atoms with van der Waals surface area (Å²) in [5.41, 5.74) is 0.678. The molecule has 1 amide bonds. The molecule has 3 heterocycles. The van der Waals surface area contributed by atoms with Gasteiger partial charge in [0.05, 0.1) is 19.3 Å². The van der Waals surface area contributed by atoms with Crippen molar-refractivity contribution in [3.05, 3.63) is 18.0 Å². The van der Waals surface area contributed by atoms with E-state index < -0.39 is 0 Å². The number of nitrogens with one attached hydrogen (secondary N) is 1. The van der Waals surface area contributed by atoms with Gasteiger partial charge in [-0.1, -0.05) is 0 Å². The third kappa shape index (κ3) is 5.61. The van der Waals surface area contributed by atoms with Crippen LogP contribution in [0.1, 0.15) is 32.5 Å². The Bertz CT molecular complexity index is 742. The molecule has 1 fully saturated rings. The van der Waals surface area contributed by atoms with Gasteiger partial charge in [-0.15, -0.1) is 15.3 Å². The minimum atomic E-state index is 0.120. The van der Waals surface area contributed by atoms with Crippen LogP contribution < -0.4 is 5.32 Å². The van der Waals surface area contributed by atoms with Gasteiger partial charge < -0.3 is 19.7 Å². The van der Waals surface area contributed by atoms with Gasteiger partial charge in [0.1, 0.15) is 5.82 Å². The number of ether oxygens (including phenoxy) is 2. The Kier molecular flexibility index (Phi) is 6.94. The second kappa shape index (κ2) is 9.61. The lowest BCUT2D eigenvalue weighted by Crippen LogP contribution is -2.40. The fourth-order valence-corrected chi connectivity index (χ4v) is 2.88. The van der Waals surface area contributed by atoms with Gasteiger partial charge in [-0.25, -0.2) is 0 Å². The standard InChI is InChI=1S/C18H28N6O3/c1-14(2)27-11-3-8-19-15-4-5-16-20-21-17(24(16)22-15)6-7-18(25)23-9-12-26-13-10-23/h4-5,14H,3,6-13H2,1-2H3,(H,19,22). The molecule has 1 aliphatic rings. The molecular weight excluding hydrogens is 348 g/mol. The number of morpholine rings is 1. The van der Waals surface area contributed by atoms with Gasteiger partial charge in [0.15, 0.2) is 11.5 Å². The van der Waals surface area contributed by atoms with E-state index in [0.717, 1.165) is 18.8 Å². The molecule has 0 radical (unpaired) electrons. The van der Waals surface area contributed by atoms with Crippen molar-refractivity contribution in [3.8, 4) is 0 Å². The average molecular weight is 376 g/mol. The second-order valence-electron chi connectivity index (χ2n) is 6.80. The molecule has 0 spiro atoms. The van der Waals surface area contributed by atoms with Crippen LogP contribution in [-0.2, 0) is 20.7 Å². The molecule has 0 saturated carbocycles. The molecule has 9 heteroatoms. The molecule has 1 aliphatic heterocycles. The van der Waals surface area contributed by atoms with E-state index in [0.29, 0.717) is 57.2 Å². The third-order valence-corrected chi connectivity index (χ3v) is 4.33. The van der Waals surface area contributed by atoms with Gasteiger partial charge in [0, 0.05) is 39.1 Å². The molecule has 2 aromatic rings. The lowest BCUT2D eigenvalue weighted by Gasteiger charge is -2.26. The largest absolute Gasteiger partial charge is 0.379 e. The Balaban J connectivity index is 1.53. The topological polar surface area (TPSA) is 93.9 Å². The van der Waals surface area contributed by atoms with E-state index in [-0.39, 0.29) is 12.0 Å². The number of fused-ring (bicyclic) bond motifs is 1. The SMILES string of the molecule is CC(C)OCCCNc1ccc2nnc(CCC(=O)N3CCOCC3)n2n1. The molecule has 0 aromatic carbocycles. The van der Waals surface area contributed by atoms with Crippen LogP contribution in [0.5, 0.6) is 0 Å². The molecule has 27 heavy (non-hydrogen) atoms. The average Bonchev–Trinajstić information content (AvgIpc) is 3.08. The Morgan fingerprint density at radius 2 is 2.11 bits per heavy atom. The van der Waals surface area contributed by atoms with Crippen LogP contribution in [0.3, 0.4) is 0 Å². The van der Waals surface area contributed by atoms with Gasteiger partial charge in [0.2, 0.25) is 5.91 Å². The van der Waals surface area contributed by atoms with Gasteiger partial charge in [-0.2, -0.15) is 4.52 Å². The van der Waals surface area contributed by atoms with Gasteiger partial charge in [-0.05, 0) is 32.4 Å². The fourth-order valence-electron chi connectivity index (χ4n) is 2.88. The van der Waals surface area contributed by atoms with Crippen molar-refractivity contribution in [2.45, 2.75) is 39.2 Å². The maximum Gasteiger partial charge on any atom is 0.223 e. The molecule has 1 N–H and O–H groups in total. The number of carbonyl (C=O) groups is 1. The summed E-state index contributed by atoms with van der Waals surface area (Å²) < 4.78 is 12.5. The monoisotopic (exact) mass is 376 g/mol. The molecule has 0 atom stereocenters. The maximum absolute atomic E-state index is 12.3. The van der Waals surface area contributed by atoms with E-state index in [1.54, 1.807) is 4.52 Å². The molecular formula is C18H28N6O3. The van der Waals surface area contributed by atoms with Gasteiger partial charge in [0.25, 0.3) is 0 Å². The highest BCUT2D eigenvalue weighted by atomic mass is 16.5. The van der Waals surface area contributed by atoms with Crippen molar-refractivity contribution >= 4 is 17.4 Å². The van der Waals surface area contributed by atoms with Crippen LogP contribution in [0.15, 0.2) is 12.1 Å². The molecule has 2 aromatic heterocycles. The number of anilines is 1. The van der Waals surface area contributed by atoms with Crippen molar-refractivity contribution in [2.75, 3.05) is 44.8 Å². The van der Waals surface area contributed by atoms with Crippen molar-refractivity contribution < 1.29 is 14.3 Å². The van der Waals surface area contributed by atoms with Crippen molar-refractivity contribution in [2.24, 2.45) is 0 Å². The first-order valence-corrected chi connectivity index (χ1v) is 9.56. The quantitative estimate of drug-likeness (QED) is 0.656. The van der Waals surface area contributed by atoms with Crippen LogP contribution in [0.2, 0.25) is 0 Å². The predicted octanol–water partition coefficient (Wildman–Crippen LogP) is 1.14. The number of aryl methyl sites for hydroxylation is 1. The summed E-state index contributed by atoms with van der Waals surface area (Å²) in [6, 6.07) is 3.76. The maximum atomic E-state index is 12.3. The van der Waals surface area contributed by atoms with E-state index in [1.165, 1.54) is 0 Å². The third-order valence-electron chi connectivity index (χ3n) is 4.33. The summed E-state index contributed by atoms with van der Waals surface area (Å²) >= 11 is 0. The fraction of sp³-hybridized carbons (Fsp3) is 0.667. The second-order valence-corrected chi connectivity index (χ2v) is 6.80. The number of hydrogen-bond acceptors (Lipinski definition) is 7. The Morgan fingerprint density at radius 3 is 2.89 bits per heavy atom. The Labute approximate surface area is 159 Å². The first-order valence-electron chi connectivity index (χ1n) is 9.56. The smallest absolute Gasteiger partial charge is 0.223 e. The number of aromatic nitrogens is 4. The van der Waals surface area contributed by atoms with Crippen LogP contribution in [-0.4, -0.2) is 76.2 Å². The first-order chi connectivity index (χ1) is 13.1. The molecule has 148 valence electrons. The zero-order chi connectivity index (χ0) is 19.1. The lowest BCUT2D eigenvalue weighted by molar-refractivity contribution is -0.135. The number of hydrogen-bond donors (Lipinski definition) is 1. The van der Waals surface area contributed by atoms with Crippen LogP contribution in [0.25, 0.3) is 5.65 Å². The number of carbonyl (C=O) groups excluding carboxylic acids is 1. The lowest BCUT2D eigenvalue weighted by atomic mass is 10.2. The van der Waals surface area contributed by atoms with E-state index in [1.807, 2.05) is 30.9 Å². The minimum absolute atomic E-state index is 0.120. The van der Waals surface area contributed by atoms with Crippen LogP contribution >= 0.6 is 0 Å². The van der Waals surface area contributed by atoms with Gasteiger partial charge in [-0.3, -0.25) is 4.79 Å². The van der Waals surface area contributed by atoms with Crippen molar-refractivity contribution in [1.29, 1.82) is 0 Å². The van der Waals surface area contributed by atoms with E-state index in [2.05, 4.69) is 20.6 Å². The molecule has 1 saturated heterocycles. The van der Waals surface area contributed by atoms with Crippen LogP contribution in [0.4, 0.5) is 5.82 Å². The Hall–Kier alpha value is -2.26. The Morgan fingerprint density at radius 1 is 1.30 bits per heavy atom. The minimum Gasteiger partial charge on any atom is -0.379 e. The molecule has 3 rings (SSSR count). The van der Waals surface area contributed by atoms with Crippen LogP contribution in [0, 0.1) is 0 Å². The zero-order valence-electron chi connectivity index (χ0n) is 16.1. The number of amides is 1. The highest BCUT2D eigenvalue weighted by Gasteiger charge is 2.18. The van der Waals surface area contributed by atoms with Crippen molar-refractivity contribution in [3.63, 3.8) is 0 Å². The van der Waals surface area contributed by atoms with E-state index >= 15 is 0 Å². The molecule has 9 nitrogen and oxygen atoms in total. The predicted molar refractivity (Wildman–Crippen MR) is 101 cm³/mol. The highest BCUT2D eigenvalue weighted by Crippen LogP contribution is 2.10. The summed E-state index contributed by atoms with van der Waals surface area (Å²) in [5.74, 6) is 1.57. The van der Waals surface area contributed by atoms with E-state index in [4.69, 9.17) is 9.47 Å². The first kappa shape index (κ1) is 19.5. The summed E-state index contributed by atoms with van der Waals surface area (Å²) in [7, 11) is 0. The highest BCUT2D eigenvalue weighted by molar-refractivity contribution is 5.76. The van der Waals surface area contributed by atoms with E-state index in [9.17, 15) is 4.79 Å². The molecule has 0 bridgehead atoms. The normalized spacial score (nSPS) is 14.9. The summed E-state index contributed by atoms with van der Waals surface area (Å²) in [6.45, 7) is 8.09. The summed E-state index contributed by atoms with van der Waals surface area (Å²) in [5, 5.41) is 16.2. The zero-order valence-corrected chi connectivity index (χ0v) is 16.1. The molecule has 0 aliphatic carbocycles. The van der Waals surface area contributed by atoms with Gasteiger partial charge >= 0.3 is 0 Å². The van der Waals surface area contributed by atoms with Crippen molar-refractivity contribution in [1.82, 2.24) is 24.7 Å².